The summed E-state index contributed by atoms with van der Waals surface area (Å²) in [4.78, 5) is 13.8. The lowest BCUT2D eigenvalue weighted by Gasteiger charge is -1.95. The molecule has 2 N–H and O–H groups in total. The van der Waals surface area contributed by atoms with Crippen molar-refractivity contribution in [1.29, 1.82) is 0 Å². The third kappa shape index (κ3) is 5.43. The van der Waals surface area contributed by atoms with E-state index in [1.165, 1.54) is 11.8 Å². The molecular formula is C5H10N2O2S. The first-order valence-corrected chi connectivity index (χ1v) is 3.91. The number of hydrogen-bond donors (Lipinski definition) is 2. The molecule has 0 aliphatic rings. The van der Waals surface area contributed by atoms with Crippen molar-refractivity contribution in [3.05, 3.63) is 0 Å². The summed E-state index contributed by atoms with van der Waals surface area (Å²) in [6.45, 7) is 1.97. The van der Waals surface area contributed by atoms with E-state index in [1.807, 2.05) is 13.2 Å². The Morgan fingerprint density at radius 2 is 2.40 bits per heavy atom. The zero-order valence-corrected chi connectivity index (χ0v) is 6.73. The highest BCUT2D eigenvalue weighted by atomic mass is 32.2. The normalized spacial score (nSPS) is 11.2. The van der Waals surface area contributed by atoms with Crippen LogP contribution < -0.4 is 5.32 Å². The van der Waals surface area contributed by atoms with Gasteiger partial charge in [-0.1, -0.05) is 0 Å². The van der Waals surface area contributed by atoms with Crippen molar-refractivity contribution in [3.63, 3.8) is 0 Å². The molecule has 0 bridgehead atoms. The number of hydrogen-bond acceptors (Lipinski definition) is 3. The molecule has 0 atom stereocenters. The van der Waals surface area contributed by atoms with E-state index >= 15 is 0 Å². The fourth-order valence-electron chi connectivity index (χ4n) is 0.283. The van der Waals surface area contributed by atoms with Crippen molar-refractivity contribution in [3.8, 4) is 0 Å². The zero-order chi connectivity index (χ0) is 7.98. The molecule has 0 aromatic rings. The number of rotatable bonds is 2. The minimum atomic E-state index is -1.04. The third-order valence-electron chi connectivity index (χ3n) is 0.827. The van der Waals surface area contributed by atoms with Crippen molar-refractivity contribution in [1.82, 2.24) is 5.32 Å². The smallest absolute Gasteiger partial charge is 0.406 e. The predicted octanol–water partition coefficient (Wildman–Crippen LogP) is 0.993. The lowest BCUT2D eigenvalue weighted by molar-refractivity contribution is 0.195. The number of nitrogens with one attached hydrogen (secondary N) is 1. The quantitative estimate of drug-likeness (QED) is 0.470. The average Bonchev–Trinajstić information content (AvgIpc) is 1.87. The van der Waals surface area contributed by atoms with Gasteiger partial charge in [0.05, 0.1) is 5.04 Å². The van der Waals surface area contributed by atoms with Crippen LogP contribution in [0.2, 0.25) is 0 Å². The molecular weight excluding hydrogens is 152 g/mol. The summed E-state index contributed by atoms with van der Waals surface area (Å²) >= 11 is 1.49. The Kier molecular flexibility index (Phi) is 4.74. The van der Waals surface area contributed by atoms with E-state index in [2.05, 4.69) is 10.3 Å². The van der Waals surface area contributed by atoms with E-state index in [-0.39, 0.29) is 6.67 Å². The Morgan fingerprint density at radius 3 is 2.80 bits per heavy atom. The molecule has 0 aliphatic heterocycles. The van der Waals surface area contributed by atoms with Gasteiger partial charge in [0.1, 0.15) is 6.67 Å². The first-order valence-electron chi connectivity index (χ1n) is 2.68. The van der Waals surface area contributed by atoms with Crippen molar-refractivity contribution < 1.29 is 9.90 Å². The molecule has 58 valence electrons. The van der Waals surface area contributed by atoms with E-state index in [1.54, 1.807) is 0 Å². The lowest BCUT2D eigenvalue weighted by atomic mass is 10.8. The van der Waals surface area contributed by atoms with E-state index < -0.39 is 6.09 Å². The highest BCUT2D eigenvalue weighted by molar-refractivity contribution is 8.13. The molecule has 0 saturated heterocycles. The van der Waals surface area contributed by atoms with Crippen LogP contribution in [0.4, 0.5) is 4.79 Å². The molecule has 4 nitrogen and oxygen atoms in total. The number of amides is 1. The van der Waals surface area contributed by atoms with Gasteiger partial charge in [-0.3, -0.25) is 4.99 Å². The SMILES string of the molecule is CSC(C)=NCNC(=O)O. The van der Waals surface area contributed by atoms with Crippen LogP contribution in [0, 0.1) is 0 Å². The van der Waals surface area contributed by atoms with E-state index in [4.69, 9.17) is 5.11 Å². The highest BCUT2D eigenvalue weighted by Gasteiger charge is 1.89. The molecule has 0 saturated carbocycles. The monoisotopic (exact) mass is 162 g/mol. The lowest BCUT2D eigenvalue weighted by Crippen LogP contribution is -2.20. The third-order valence-corrected chi connectivity index (χ3v) is 1.55. The minimum absolute atomic E-state index is 0.141. The van der Waals surface area contributed by atoms with Crippen LogP contribution in [-0.4, -0.2) is 29.2 Å². The molecule has 0 aromatic heterocycles. The van der Waals surface area contributed by atoms with Crippen LogP contribution in [0.1, 0.15) is 6.92 Å². The molecule has 0 aromatic carbocycles. The fourth-order valence-corrected chi connectivity index (χ4v) is 0.477. The van der Waals surface area contributed by atoms with Crippen molar-refractivity contribution in [2.45, 2.75) is 6.92 Å². The Bertz CT molecular complexity index is 147. The summed E-state index contributed by atoms with van der Waals surface area (Å²) in [5.74, 6) is 0. The van der Waals surface area contributed by atoms with Gasteiger partial charge in [-0.05, 0) is 13.2 Å². The zero-order valence-electron chi connectivity index (χ0n) is 5.92. The van der Waals surface area contributed by atoms with E-state index in [9.17, 15) is 4.79 Å². The molecule has 0 aliphatic carbocycles. The van der Waals surface area contributed by atoms with Crippen molar-refractivity contribution >= 4 is 22.9 Å². The van der Waals surface area contributed by atoms with Crippen molar-refractivity contribution in [2.75, 3.05) is 12.9 Å². The van der Waals surface area contributed by atoms with Gasteiger partial charge in [0, 0.05) is 0 Å². The van der Waals surface area contributed by atoms with Gasteiger partial charge in [-0.2, -0.15) is 0 Å². The Balaban J connectivity index is 3.43. The minimum Gasteiger partial charge on any atom is -0.465 e. The van der Waals surface area contributed by atoms with Crippen LogP contribution in [0.5, 0.6) is 0 Å². The molecule has 0 spiro atoms. The maximum absolute atomic E-state index is 9.88. The van der Waals surface area contributed by atoms with Crippen molar-refractivity contribution in [2.24, 2.45) is 4.99 Å². The van der Waals surface area contributed by atoms with Crippen LogP contribution >= 0.6 is 11.8 Å². The van der Waals surface area contributed by atoms with Crippen LogP contribution in [-0.2, 0) is 0 Å². The number of nitrogens with zero attached hydrogens (tertiary/aromatic N) is 1. The predicted molar refractivity (Wildman–Crippen MR) is 42.7 cm³/mol. The molecule has 0 rings (SSSR count). The topological polar surface area (TPSA) is 61.7 Å². The Labute approximate surface area is 63.7 Å². The molecule has 0 fully saturated rings. The fraction of sp³-hybridized carbons (Fsp3) is 0.600. The standard InChI is InChI=1S/C5H10N2O2S/c1-4(10-2)6-3-7-5(8)9/h7H,3H2,1-2H3,(H,8,9). The highest BCUT2D eigenvalue weighted by Crippen LogP contribution is 1.94. The summed E-state index contributed by atoms with van der Waals surface area (Å²) in [5, 5.41) is 11.1. The average molecular weight is 162 g/mol. The first-order chi connectivity index (χ1) is 4.66. The summed E-state index contributed by atoms with van der Waals surface area (Å²) in [6.07, 6.45) is 0.845. The van der Waals surface area contributed by atoms with Gasteiger partial charge in [-0.25, -0.2) is 4.79 Å². The van der Waals surface area contributed by atoms with Crippen LogP contribution in [0.15, 0.2) is 4.99 Å². The largest absolute Gasteiger partial charge is 0.465 e. The molecule has 5 heteroatoms. The van der Waals surface area contributed by atoms with Gasteiger partial charge < -0.3 is 10.4 Å². The summed E-state index contributed by atoms with van der Waals surface area (Å²) in [6, 6.07) is 0. The Hall–Kier alpha value is -0.710. The number of aliphatic imine (C=N–C) groups is 1. The van der Waals surface area contributed by atoms with Gasteiger partial charge in [0.15, 0.2) is 0 Å². The van der Waals surface area contributed by atoms with Gasteiger partial charge in [0.25, 0.3) is 0 Å². The maximum atomic E-state index is 9.88. The Morgan fingerprint density at radius 1 is 1.80 bits per heavy atom. The molecule has 1 amide bonds. The molecule has 0 radical (unpaired) electrons. The van der Waals surface area contributed by atoms with Crippen LogP contribution in [0.25, 0.3) is 0 Å². The number of carbonyl (C=O) groups is 1. The first kappa shape index (κ1) is 9.29. The number of thioether (sulfide) groups is 1. The molecule has 0 heterocycles. The second-order valence-corrected chi connectivity index (χ2v) is 2.52. The van der Waals surface area contributed by atoms with Crippen LogP contribution in [0.3, 0.4) is 0 Å². The molecule has 10 heavy (non-hydrogen) atoms. The summed E-state index contributed by atoms with van der Waals surface area (Å²) < 4.78 is 0. The summed E-state index contributed by atoms with van der Waals surface area (Å²) in [5.41, 5.74) is 0. The second-order valence-electron chi connectivity index (χ2n) is 1.52. The van der Waals surface area contributed by atoms with E-state index in [0.717, 1.165) is 5.04 Å². The van der Waals surface area contributed by atoms with Gasteiger partial charge in [0.2, 0.25) is 0 Å². The van der Waals surface area contributed by atoms with Gasteiger partial charge in [-0.15, -0.1) is 11.8 Å². The maximum Gasteiger partial charge on any atom is 0.406 e. The summed E-state index contributed by atoms with van der Waals surface area (Å²) in [7, 11) is 0. The van der Waals surface area contributed by atoms with E-state index in [0.29, 0.717) is 0 Å². The second kappa shape index (κ2) is 5.10. The number of carboxylic acid groups (broad SMARTS) is 1. The van der Waals surface area contributed by atoms with Gasteiger partial charge >= 0.3 is 6.09 Å². The molecule has 0 unspecified atom stereocenters.